The van der Waals surface area contributed by atoms with Gasteiger partial charge in [-0.3, -0.25) is 9.59 Å². The Hall–Kier alpha value is -1.98. The van der Waals surface area contributed by atoms with Crippen LogP contribution in [0, 0.1) is 16.7 Å². The molecule has 29 heavy (non-hydrogen) atoms. The van der Waals surface area contributed by atoms with Gasteiger partial charge in [0.2, 0.25) is 5.91 Å². The molecule has 0 unspecified atom stereocenters. The number of ether oxygens (including phenoxy) is 1. The molecule has 4 aliphatic rings. The first-order valence-corrected chi connectivity index (χ1v) is 10.6. The molecular formula is C24H29NO4. The fourth-order valence-corrected chi connectivity index (χ4v) is 6.71. The monoisotopic (exact) mass is 395 g/mol. The molecule has 0 radical (unpaired) electrons. The molecule has 6 atom stereocenters. The standard InChI is InChI=1S/C24H29NO4/c1-15(26)22(2)10-7-11-23(3)17-12-18(27)25(13-16-8-5-4-6-9-16)14-24(17)21(29-24)19(28)20(22)23/h4-6,8-9,12,19-21,28H,7,10-11,13-14H2,1-3H3/t19-,20-,21+,22+,23+,24-/m0/s1. The van der Waals surface area contributed by atoms with Crippen LogP contribution in [0.3, 0.4) is 0 Å². The molecule has 1 aromatic carbocycles. The Morgan fingerprint density at radius 3 is 2.66 bits per heavy atom. The van der Waals surface area contributed by atoms with Crippen molar-refractivity contribution in [1.82, 2.24) is 4.90 Å². The molecule has 3 fully saturated rings. The highest BCUT2D eigenvalue weighted by molar-refractivity contribution is 5.91. The summed E-state index contributed by atoms with van der Waals surface area (Å²) >= 11 is 0. The zero-order chi connectivity index (χ0) is 20.6. The molecular weight excluding hydrogens is 366 g/mol. The number of carbonyl (C=O) groups is 2. The van der Waals surface area contributed by atoms with E-state index in [4.69, 9.17) is 4.74 Å². The van der Waals surface area contributed by atoms with Crippen LogP contribution in [0.1, 0.15) is 45.6 Å². The summed E-state index contributed by atoms with van der Waals surface area (Å²) < 4.78 is 6.20. The first kappa shape index (κ1) is 19.0. The minimum Gasteiger partial charge on any atom is -0.390 e. The Morgan fingerprint density at radius 1 is 1.24 bits per heavy atom. The highest BCUT2D eigenvalue weighted by atomic mass is 16.6. The van der Waals surface area contributed by atoms with E-state index in [1.165, 1.54) is 0 Å². The molecule has 2 aliphatic heterocycles. The average molecular weight is 395 g/mol. The third kappa shape index (κ3) is 2.47. The van der Waals surface area contributed by atoms with Crippen LogP contribution in [0.2, 0.25) is 0 Å². The number of ketones is 1. The van der Waals surface area contributed by atoms with Gasteiger partial charge in [-0.15, -0.1) is 0 Å². The Kier molecular flexibility index (Phi) is 3.95. The maximum atomic E-state index is 13.1. The number of aliphatic hydroxyl groups is 1. The number of nitrogens with zero attached hydrogens (tertiary/aromatic N) is 1. The molecule has 154 valence electrons. The lowest BCUT2D eigenvalue weighted by atomic mass is 9.46. The third-order valence-electron chi connectivity index (χ3n) is 8.25. The highest BCUT2D eigenvalue weighted by Crippen LogP contribution is 2.68. The number of rotatable bonds is 3. The van der Waals surface area contributed by atoms with Crippen molar-refractivity contribution < 1.29 is 19.4 Å². The van der Waals surface area contributed by atoms with Gasteiger partial charge in [-0.1, -0.05) is 50.6 Å². The van der Waals surface area contributed by atoms with Crippen LogP contribution in [0.4, 0.5) is 0 Å². The highest BCUT2D eigenvalue weighted by Gasteiger charge is 2.76. The summed E-state index contributed by atoms with van der Waals surface area (Å²) in [5.41, 5.74) is 0.498. The quantitative estimate of drug-likeness (QED) is 0.799. The van der Waals surface area contributed by atoms with Crippen LogP contribution in [-0.4, -0.2) is 46.1 Å². The SMILES string of the molecule is CC(=O)[C@@]1(C)CCC[C@]2(C)C3=CC(=O)N(Cc4ccccc4)C[C@]34O[C@@H]4[C@@H](O)[C@@H]12. The van der Waals surface area contributed by atoms with Crippen molar-refractivity contribution in [2.24, 2.45) is 16.7 Å². The second-order valence-corrected chi connectivity index (χ2v) is 9.88. The normalized spacial score (nSPS) is 43.0. The van der Waals surface area contributed by atoms with Crippen LogP contribution in [0.5, 0.6) is 0 Å². The number of hydrogen-bond acceptors (Lipinski definition) is 4. The van der Waals surface area contributed by atoms with Gasteiger partial charge in [0, 0.05) is 24.0 Å². The summed E-state index contributed by atoms with van der Waals surface area (Å²) in [6.45, 7) is 6.75. The van der Waals surface area contributed by atoms with Gasteiger partial charge < -0.3 is 14.7 Å². The van der Waals surface area contributed by atoms with Gasteiger partial charge in [-0.2, -0.15) is 0 Å². The van der Waals surface area contributed by atoms with E-state index in [1.807, 2.05) is 42.2 Å². The number of fused-ring (bicyclic) bond motifs is 2. The van der Waals surface area contributed by atoms with Gasteiger partial charge in [0.25, 0.3) is 0 Å². The predicted octanol–water partition coefficient (Wildman–Crippen LogP) is 2.87. The number of Topliss-reactive ketones (excluding diaryl/α,β-unsaturated/α-hetero) is 1. The smallest absolute Gasteiger partial charge is 0.247 e. The minimum absolute atomic E-state index is 0.00445. The van der Waals surface area contributed by atoms with Crippen LogP contribution in [0.15, 0.2) is 42.0 Å². The average Bonchev–Trinajstić information content (AvgIpc) is 3.39. The summed E-state index contributed by atoms with van der Waals surface area (Å²) in [5.74, 6) is -0.106. The summed E-state index contributed by atoms with van der Waals surface area (Å²) in [6.07, 6.45) is 3.29. The number of amides is 1. The Bertz CT molecular complexity index is 911. The molecule has 2 heterocycles. The van der Waals surface area contributed by atoms with Crippen LogP contribution in [-0.2, 0) is 20.9 Å². The van der Waals surface area contributed by atoms with E-state index in [0.717, 1.165) is 30.4 Å². The van der Waals surface area contributed by atoms with E-state index in [2.05, 4.69) is 6.92 Å². The van der Waals surface area contributed by atoms with Gasteiger partial charge >= 0.3 is 0 Å². The fraction of sp³-hybridized carbons (Fsp3) is 0.583. The van der Waals surface area contributed by atoms with Crippen molar-refractivity contribution in [2.75, 3.05) is 6.54 Å². The predicted molar refractivity (Wildman–Crippen MR) is 108 cm³/mol. The van der Waals surface area contributed by atoms with Crippen molar-refractivity contribution in [1.29, 1.82) is 0 Å². The number of hydrogen-bond donors (Lipinski definition) is 1. The summed E-state index contributed by atoms with van der Waals surface area (Å²) in [6, 6.07) is 9.94. The van der Waals surface area contributed by atoms with Crippen LogP contribution < -0.4 is 0 Å². The molecule has 1 aromatic rings. The number of aliphatic hydroxyl groups excluding tert-OH is 1. The van der Waals surface area contributed by atoms with Crippen molar-refractivity contribution in [3.05, 3.63) is 47.5 Å². The molecule has 5 heteroatoms. The van der Waals surface area contributed by atoms with Gasteiger partial charge in [0.15, 0.2) is 0 Å². The Morgan fingerprint density at radius 2 is 1.97 bits per heavy atom. The lowest BCUT2D eigenvalue weighted by molar-refractivity contribution is -0.147. The number of benzene rings is 1. The van der Waals surface area contributed by atoms with Gasteiger partial charge in [0.05, 0.1) is 12.6 Å². The minimum atomic E-state index is -0.696. The molecule has 0 bridgehead atoms. The topological polar surface area (TPSA) is 70.1 Å². The second kappa shape index (κ2) is 6.02. The molecule has 0 aromatic heterocycles. The van der Waals surface area contributed by atoms with E-state index in [1.54, 1.807) is 13.0 Å². The van der Waals surface area contributed by atoms with Crippen molar-refractivity contribution >= 4 is 11.7 Å². The molecule has 1 N–H and O–H groups in total. The van der Waals surface area contributed by atoms with Gasteiger partial charge in [0.1, 0.15) is 17.5 Å². The first-order valence-electron chi connectivity index (χ1n) is 10.6. The fourth-order valence-electron chi connectivity index (χ4n) is 6.71. The van der Waals surface area contributed by atoms with Crippen LogP contribution in [0.25, 0.3) is 0 Å². The Balaban J connectivity index is 1.54. The van der Waals surface area contributed by atoms with Crippen LogP contribution >= 0.6 is 0 Å². The molecule has 1 spiro atoms. The molecule has 5 nitrogen and oxygen atoms in total. The van der Waals surface area contributed by atoms with E-state index < -0.39 is 22.5 Å². The lowest BCUT2D eigenvalue weighted by Gasteiger charge is -2.57. The maximum absolute atomic E-state index is 13.1. The number of carbonyl (C=O) groups excluding carboxylic acids is 2. The first-order chi connectivity index (χ1) is 13.7. The summed E-state index contributed by atoms with van der Waals surface area (Å²) in [7, 11) is 0. The Labute approximate surface area is 171 Å². The lowest BCUT2D eigenvalue weighted by Crippen LogP contribution is -2.63. The second-order valence-electron chi connectivity index (χ2n) is 9.88. The van der Waals surface area contributed by atoms with E-state index >= 15 is 0 Å². The van der Waals surface area contributed by atoms with Crippen molar-refractivity contribution in [3.63, 3.8) is 0 Å². The van der Waals surface area contributed by atoms with E-state index in [0.29, 0.717) is 13.1 Å². The summed E-state index contributed by atoms with van der Waals surface area (Å²) in [4.78, 5) is 27.5. The van der Waals surface area contributed by atoms with E-state index in [9.17, 15) is 14.7 Å². The molecule has 1 amide bonds. The third-order valence-corrected chi connectivity index (χ3v) is 8.25. The molecule has 2 saturated carbocycles. The zero-order valence-corrected chi connectivity index (χ0v) is 17.4. The molecule has 1 saturated heterocycles. The molecule has 2 aliphatic carbocycles. The van der Waals surface area contributed by atoms with Gasteiger partial charge in [-0.05, 0) is 36.3 Å². The van der Waals surface area contributed by atoms with Crippen molar-refractivity contribution in [2.45, 2.75) is 64.4 Å². The molecule has 5 rings (SSSR count). The van der Waals surface area contributed by atoms with Crippen molar-refractivity contribution in [3.8, 4) is 0 Å². The largest absolute Gasteiger partial charge is 0.390 e. The number of epoxide rings is 1. The summed E-state index contributed by atoms with van der Waals surface area (Å²) in [5, 5.41) is 11.3. The maximum Gasteiger partial charge on any atom is 0.247 e. The van der Waals surface area contributed by atoms with E-state index in [-0.39, 0.29) is 23.7 Å². The zero-order valence-electron chi connectivity index (χ0n) is 17.4. The van der Waals surface area contributed by atoms with Gasteiger partial charge in [-0.25, -0.2) is 0 Å².